The van der Waals surface area contributed by atoms with Crippen molar-refractivity contribution in [1.29, 1.82) is 0 Å². The van der Waals surface area contributed by atoms with Gasteiger partial charge in [-0.3, -0.25) is 0 Å². The molecule has 2 N–H and O–H groups in total. The van der Waals surface area contributed by atoms with E-state index in [9.17, 15) is 13.6 Å². The van der Waals surface area contributed by atoms with E-state index >= 15 is 0 Å². The molecule has 8 nitrogen and oxygen atoms in total. The Bertz CT molecular complexity index is 1170. The quantitative estimate of drug-likeness (QED) is 0.472. The summed E-state index contributed by atoms with van der Waals surface area (Å²) in [7, 11) is 0. The topological polar surface area (TPSA) is 93.7 Å². The molecule has 4 rings (SSSR count). The molecule has 3 aromatic heterocycles. The van der Waals surface area contributed by atoms with Crippen molar-refractivity contribution in [3.63, 3.8) is 0 Å². The maximum Gasteiger partial charge on any atom is 0.407 e. The van der Waals surface area contributed by atoms with Crippen LogP contribution in [0.2, 0.25) is 5.28 Å². The fourth-order valence-electron chi connectivity index (χ4n) is 4.42. The largest absolute Gasteiger partial charge is 0.467 e. The van der Waals surface area contributed by atoms with E-state index in [4.69, 9.17) is 20.8 Å². The molecule has 0 bridgehead atoms. The number of carbonyl (C=O) groups is 1. The van der Waals surface area contributed by atoms with Gasteiger partial charge in [-0.05, 0) is 69.0 Å². The second-order valence-electron chi connectivity index (χ2n) is 9.62. The number of aryl methyl sites for hydroxylation is 1. The van der Waals surface area contributed by atoms with Gasteiger partial charge in [-0.15, -0.1) is 5.10 Å². The Morgan fingerprint density at radius 2 is 2.18 bits per heavy atom. The minimum atomic E-state index is -2.87. The molecule has 1 amide bonds. The van der Waals surface area contributed by atoms with Gasteiger partial charge in [-0.25, -0.2) is 18.1 Å². The Morgan fingerprint density at radius 3 is 2.85 bits per heavy atom. The summed E-state index contributed by atoms with van der Waals surface area (Å²) in [6, 6.07) is 2.81. The predicted molar refractivity (Wildman–Crippen MR) is 123 cm³/mol. The average molecular weight is 496 g/mol. The number of nitrogens with zero attached hydrogens (tertiary/aromatic N) is 3. The van der Waals surface area contributed by atoms with Crippen molar-refractivity contribution in [2.24, 2.45) is 0 Å². The maximum atomic E-state index is 14.3. The van der Waals surface area contributed by atoms with E-state index in [1.807, 2.05) is 13.0 Å². The highest BCUT2D eigenvalue weighted by atomic mass is 35.5. The third-order valence-electron chi connectivity index (χ3n) is 5.83. The summed E-state index contributed by atoms with van der Waals surface area (Å²) in [5.74, 6) is -2.01. The molecule has 1 aliphatic carbocycles. The third-order valence-corrected chi connectivity index (χ3v) is 5.99. The lowest BCUT2D eigenvalue weighted by molar-refractivity contribution is -0.0502. The number of furan rings is 1. The summed E-state index contributed by atoms with van der Waals surface area (Å²) in [5, 5.41) is 10.2. The van der Waals surface area contributed by atoms with E-state index in [1.54, 1.807) is 43.8 Å². The number of aromatic nitrogens is 3. The lowest BCUT2D eigenvalue weighted by Gasteiger charge is -2.37. The summed E-state index contributed by atoms with van der Waals surface area (Å²) in [5.41, 5.74) is 1.57. The number of fused-ring (bicyclic) bond motifs is 1. The summed E-state index contributed by atoms with van der Waals surface area (Å²) in [6.45, 7) is 7.45. The van der Waals surface area contributed by atoms with Gasteiger partial charge >= 0.3 is 6.09 Å². The van der Waals surface area contributed by atoms with E-state index in [0.717, 1.165) is 11.1 Å². The van der Waals surface area contributed by atoms with Crippen molar-refractivity contribution in [1.82, 2.24) is 19.9 Å². The first-order chi connectivity index (χ1) is 15.9. The minimum absolute atomic E-state index is 0.0367. The molecule has 3 aromatic rings. The summed E-state index contributed by atoms with van der Waals surface area (Å²) in [4.78, 5) is 16.7. The van der Waals surface area contributed by atoms with Gasteiger partial charge in [-0.1, -0.05) is 0 Å². The van der Waals surface area contributed by atoms with E-state index in [2.05, 4.69) is 20.7 Å². The minimum Gasteiger partial charge on any atom is -0.467 e. The van der Waals surface area contributed by atoms with Crippen LogP contribution < -0.4 is 10.6 Å². The van der Waals surface area contributed by atoms with Crippen LogP contribution in [0.1, 0.15) is 62.8 Å². The number of carbonyl (C=O) groups excluding carboxylic acids is 1. The second-order valence-corrected chi connectivity index (χ2v) is 9.96. The first-order valence-electron chi connectivity index (χ1n) is 11.1. The molecule has 11 heteroatoms. The Morgan fingerprint density at radius 1 is 1.41 bits per heavy atom. The van der Waals surface area contributed by atoms with Crippen molar-refractivity contribution >= 4 is 29.0 Å². The van der Waals surface area contributed by atoms with Crippen LogP contribution in [-0.2, 0) is 11.3 Å². The lowest BCUT2D eigenvalue weighted by atomic mass is 9.78. The zero-order valence-corrected chi connectivity index (χ0v) is 20.2. The van der Waals surface area contributed by atoms with Crippen molar-refractivity contribution in [3.8, 4) is 0 Å². The molecule has 1 fully saturated rings. The summed E-state index contributed by atoms with van der Waals surface area (Å²) in [6.07, 6.45) is 2.09. The monoisotopic (exact) mass is 495 g/mol. The molecule has 2 atom stereocenters. The molecule has 1 saturated carbocycles. The number of hydrogen-bond donors (Lipinski definition) is 2. The van der Waals surface area contributed by atoms with Gasteiger partial charge in [0.1, 0.15) is 16.9 Å². The van der Waals surface area contributed by atoms with Crippen LogP contribution in [-0.4, -0.2) is 38.3 Å². The van der Waals surface area contributed by atoms with Crippen LogP contribution in [0.4, 0.5) is 19.4 Å². The number of nitrogens with one attached hydrogen (secondary N) is 2. The standard InChI is InChI=1S/C23H28ClF2N5O3/c1-13-16(15-7-8-23(25,26)10-17(15)28-21(32)34-22(2,3)4)12-31-18(13)19(29-20(24)30-31)27-11-14-6-5-9-33-14/h5-6,9,12,15,17H,7-8,10-11H2,1-4H3,(H,28,32)(H,27,29,30). The molecule has 3 heterocycles. The summed E-state index contributed by atoms with van der Waals surface area (Å²) < 4.78 is 41.0. The number of alkyl halides is 2. The van der Waals surface area contributed by atoms with Crippen molar-refractivity contribution in [2.45, 2.75) is 77.0 Å². The molecule has 0 saturated heterocycles. The van der Waals surface area contributed by atoms with Gasteiger partial charge in [-0.2, -0.15) is 4.98 Å². The summed E-state index contributed by atoms with van der Waals surface area (Å²) >= 11 is 6.15. The maximum absolute atomic E-state index is 14.3. The average Bonchev–Trinajstić information content (AvgIpc) is 3.32. The first-order valence-corrected chi connectivity index (χ1v) is 11.5. The molecule has 34 heavy (non-hydrogen) atoms. The van der Waals surface area contributed by atoms with Crippen LogP contribution in [0.5, 0.6) is 0 Å². The molecule has 184 valence electrons. The van der Waals surface area contributed by atoms with E-state index < -0.39 is 30.1 Å². The lowest BCUT2D eigenvalue weighted by Crippen LogP contribution is -2.47. The molecule has 0 aromatic carbocycles. The fraction of sp³-hybridized carbons (Fsp3) is 0.522. The van der Waals surface area contributed by atoms with Crippen molar-refractivity contribution < 1.29 is 22.7 Å². The first kappa shape index (κ1) is 24.3. The van der Waals surface area contributed by atoms with Crippen LogP contribution >= 0.6 is 11.6 Å². The van der Waals surface area contributed by atoms with Gasteiger partial charge in [0.15, 0.2) is 5.82 Å². The van der Waals surface area contributed by atoms with Crippen LogP contribution in [0.25, 0.3) is 5.52 Å². The van der Waals surface area contributed by atoms with Crippen molar-refractivity contribution in [2.75, 3.05) is 5.32 Å². The zero-order valence-electron chi connectivity index (χ0n) is 19.5. The number of rotatable bonds is 5. The third kappa shape index (κ3) is 5.43. The Kier molecular flexibility index (Phi) is 6.46. The number of amides is 1. The van der Waals surface area contributed by atoms with Crippen LogP contribution in [0, 0.1) is 6.92 Å². The zero-order chi connectivity index (χ0) is 24.7. The van der Waals surface area contributed by atoms with E-state index in [1.165, 1.54) is 0 Å². The number of ether oxygens (including phenoxy) is 1. The molecule has 0 radical (unpaired) electrons. The Balaban J connectivity index is 1.66. The molecular weight excluding hydrogens is 468 g/mol. The molecule has 0 spiro atoms. The normalized spacial score (nSPS) is 20.3. The fourth-order valence-corrected chi connectivity index (χ4v) is 4.59. The highest BCUT2D eigenvalue weighted by Gasteiger charge is 2.44. The predicted octanol–water partition coefficient (Wildman–Crippen LogP) is 5.69. The van der Waals surface area contributed by atoms with Crippen molar-refractivity contribution in [3.05, 3.63) is 46.8 Å². The molecule has 0 aliphatic heterocycles. The van der Waals surface area contributed by atoms with Crippen LogP contribution in [0.3, 0.4) is 0 Å². The van der Waals surface area contributed by atoms with Gasteiger partial charge in [0.25, 0.3) is 0 Å². The smallest absolute Gasteiger partial charge is 0.407 e. The number of halogens is 3. The van der Waals surface area contributed by atoms with Gasteiger partial charge in [0, 0.05) is 31.0 Å². The molecule has 2 unspecified atom stereocenters. The van der Waals surface area contributed by atoms with Gasteiger partial charge in [0.05, 0.1) is 12.8 Å². The Labute approximate surface area is 201 Å². The number of hydrogen-bond acceptors (Lipinski definition) is 6. The highest BCUT2D eigenvalue weighted by molar-refractivity contribution is 6.28. The number of alkyl carbamates (subject to hydrolysis) is 1. The van der Waals surface area contributed by atoms with Gasteiger partial charge in [0.2, 0.25) is 11.2 Å². The number of anilines is 1. The molecule has 1 aliphatic rings. The van der Waals surface area contributed by atoms with Crippen LogP contribution in [0.15, 0.2) is 29.0 Å². The van der Waals surface area contributed by atoms with E-state index in [-0.39, 0.29) is 24.0 Å². The van der Waals surface area contributed by atoms with E-state index in [0.29, 0.717) is 23.6 Å². The highest BCUT2D eigenvalue weighted by Crippen LogP contribution is 2.43. The molecular formula is C23H28ClF2N5O3. The second kappa shape index (κ2) is 9.05. The Hall–Kier alpha value is -2.88. The van der Waals surface area contributed by atoms with Gasteiger partial charge < -0.3 is 19.8 Å². The SMILES string of the molecule is Cc1c(C2CCC(F)(F)CC2NC(=O)OC(C)(C)C)cn2nc(Cl)nc(NCc3ccco3)c12.